The first-order chi connectivity index (χ1) is 22.4. The van der Waals surface area contributed by atoms with Crippen LogP contribution in [0.1, 0.15) is 39.0 Å². The largest absolute Gasteiger partial charge is 0.502 e. The van der Waals surface area contributed by atoms with Crippen LogP contribution in [0.5, 0.6) is 34.5 Å². The summed E-state index contributed by atoms with van der Waals surface area (Å²) >= 11 is 0. The molecule has 4 aromatic rings. The molecule has 1 amide bonds. The topological polar surface area (TPSA) is 134 Å². The number of anilines is 2. The van der Waals surface area contributed by atoms with Crippen molar-refractivity contribution in [2.75, 3.05) is 45.4 Å². The highest BCUT2D eigenvalue weighted by Crippen LogP contribution is 2.56. The fourth-order valence-corrected chi connectivity index (χ4v) is 6.62. The Hall–Kier alpha value is -5.58. The van der Waals surface area contributed by atoms with Crippen LogP contribution in [0.25, 0.3) is 0 Å². The van der Waals surface area contributed by atoms with Crippen LogP contribution in [0.3, 0.4) is 0 Å². The number of carbonyl (C=O) groups is 2. The summed E-state index contributed by atoms with van der Waals surface area (Å²) in [6.07, 6.45) is 0. The molecule has 0 unspecified atom stereocenters. The lowest BCUT2D eigenvalue weighted by atomic mass is 9.65. The van der Waals surface area contributed by atoms with Crippen LogP contribution in [0, 0.1) is 11.8 Å². The van der Waals surface area contributed by atoms with Gasteiger partial charge in [0.05, 0.1) is 39.9 Å². The highest BCUT2D eigenvalue weighted by Gasteiger charge is 2.52. The van der Waals surface area contributed by atoms with E-state index in [2.05, 4.69) is 10.6 Å². The number of hydrogen-bond donors (Lipinski definition) is 3. The van der Waals surface area contributed by atoms with Crippen molar-refractivity contribution >= 4 is 23.3 Å². The van der Waals surface area contributed by atoms with Gasteiger partial charge in [0.1, 0.15) is 5.75 Å². The minimum atomic E-state index is -0.549. The molecule has 11 heteroatoms. The molecule has 4 atom stereocenters. The van der Waals surface area contributed by atoms with Crippen molar-refractivity contribution in [2.45, 2.75) is 12.0 Å². The normalized spacial score (nSPS) is 20.6. The first kappa shape index (κ1) is 29.1. The van der Waals surface area contributed by atoms with E-state index in [1.165, 1.54) is 14.2 Å². The fraction of sp³-hybridized carbons (Fsp3) is 0.257. The molecule has 1 aliphatic carbocycles. The minimum absolute atomic E-state index is 0.0977. The van der Waals surface area contributed by atoms with E-state index in [4.69, 9.17) is 28.4 Å². The second-order valence-electron chi connectivity index (χ2n) is 11.3. The molecule has 2 aliphatic heterocycles. The average Bonchev–Trinajstić information content (AvgIpc) is 3.71. The van der Waals surface area contributed by atoms with Crippen molar-refractivity contribution < 1.29 is 43.1 Å². The predicted octanol–water partition coefficient (Wildman–Crippen LogP) is 5.49. The van der Waals surface area contributed by atoms with E-state index in [0.717, 1.165) is 22.4 Å². The van der Waals surface area contributed by atoms with E-state index >= 15 is 0 Å². The number of esters is 1. The van der Waals surface area contributed by atoms with Crippen LogP contribution >= 0.6 is 0 Å². The van der Waals surface area contributed by atoms with Crippen molar-refractivity contribution in [3.8, 4) is 34.5 Å². The van der Waals surface area contributed by atoms with Gasteiger partial charge in [-0.05, 0) is 89.5 Å². The first-order valence-corrected chi connectivity index (χ1v) is 14.8. The molecule has 0 bridgehead atoms. The molecule has 236 valence electrons. The average molecular weight is 625 g/mol. The number of phenols is 1. The number of rotatable bonds is 8. The lowest BCUT2D eigenvalue weighted by Gasteiger charge is -2.40. The zero-order valence-electron chi connectivity index (χ0n) is 25.4. The van der Waals surface area contributed by atoms with Gasteiger partial charge in [-0.25, -0.2) is 0 Å². The van der Waals surface area contributed by atoms with Crippen molar-refractivity contribution in [2.24, 2.45) is 11.8 Å². The molecule has 0 aromatic heterocycles. The Morgan fingerprint density at radius 2 is 1.43 bits per heavy atom. The summed E-state index contributed by atoms with van der Waals surface area (Å²) in [7, 11) is 4.51. The Labute approximate surface area is 264 Å². The number of aromatic hydroxyl groups is 1. The number of ether oxygens (including phenoxy) is 6. The standard InChI is InChI=1S/C35H32N2O9/c1-41-22-10-4-18(5-11-22)34(39)37-21-8-6-20(7-9-21)36-32-24-15-27-26(45-17-46-27)14-23(24)30(31-25(32)16-44-35(31)40)19-12-28(42-2)33(38)29(13-19)43-3/h4-15,25,30-32,36,38H,16-17H2,1-3H3,(H,37,39)/t25-,30+,31-,32+/m0/s1. The van der Waals surface area contributed by atoms with Crippen molar-refractivity contribution in [3.63, 3.8) is 0 Å². The van der Waals surface area contributed by atoms with Gasteiger partial charge in [0, 0.05) is 28.8 Å². The van der Waals surface area contributed by atoms with Crippen molar-refractivity contribution in [1.29, 1.82) is 0 Å². The van der Waals surface area contributed by atoms with Gasteiger partial charge < -0.3 is 44.2 Å². The molecule has 0 radical (unpaired) electrons. The van der Waals surface area contributed by atoms with E-state index in [1.54, 1.807) is 43.5 Å². The molecular formula is C35H32N2O9. The maximum Gasteiger partial charge on any atom is 0.310 e. The van der Waals surface area contributed by atoms with Gasteiger partial charge in [-0.3, -0.25) is 9.59 Å². The van der Waals surface area contributed by atoms with Crippen LogP contribution in [-0.4, -0.2) is 51.7 Å². The lowest BCUT2D eigenvalue weighted by molar-refractivity contribution is -0.141. The number of hydrogen-bond acceptors (Lipinski definition) is 10. The summed E-state index contributed by atoms with van der Waals surface area (Å²) in [5, 5.41) is 17.2. The second kappa shape index (κ2) is 11.7. The zero-order valence-corrected chi connectivity index (χ0v) is 25.4. The Balaban J connectivity index is 1.23. The molecule has 7 rings (SSSR count). The van der Waals surface area contributed by atoms with Crippen LogP contribution in [-0.2, 0) is 9.53 Å². The molecule has 0 saturated carbocycles. The van der Waals surface area contributed by atoms with Crippen molar-refractivity contribution in [1.82, 2.24) is 0 Å². The van der Waals surface area contributed by atoms with Crippen molar-refractivity contribution in [3.05, 3.63) is 95.1 Å². The number of carbonyl (C=O) groups excluding carboxylic acids is 2. The zero-order chi connectivity index (χ0) is 31.9. The van der Waals surface area contributed by atoms with Crippen LogP contribution in [0.15, 0.2) is 72.8 Å². The SMILES string of the molecule is COc1ccc(C(=O)Nc2ccc(N[C@@H]3c4cc5c(cc4[C@@H](c4cc(OC)c(O)c(OC)c4)[C@H]4C(=O)OC[C@@H]43)OCO5)cc2)cc1. The highest BCUT2D eigenvalue weighted by molar-refractivity contribution is 6.04. The molecule has 0 spiro atoms. The Kier molecular flexibility index (Phi) is 7.44. The quantitative estimate of drug-likeness (QED) is 0.216. The Morgan fingerprint density at radius 3 is 2.07 bits per heavy atom. The Bertz CT molecular complexity index is 1780. The highest BCUT2D eigenvalue weighted by atomic mass is 16.7. The molecule has 2 heterocycles. The van der Waals surface area contributed by atoms with Gasteiger partial charge >= 0.3 is 5.97 Å². The molecular weight excluding hydrogens is 592 g/mol. The molecule has 46 heavy (non-hydrogen) atoms. The third kappa shape index (κ3) is 5.03. The predicted molar refractivity (Wildman–Crippen MR) is 167 cm³/mol. The number of amides is 1. The van der Waals surface area contributed by atoms with Gasteiger partial charge in [0.25, 0.3) is 5.91 Å². The lowest BCUT2D eigenvalue weighted by Crippen LogP contribution is -2.37. The smallest absolute Gasteiger partial charge is 0.310 e. The summed E-state index contributed by atoms with van der Waals surface area (Å²) in [5.41, 5.74) is 4.45. The summed E-state index contributed by atoms with van der Waals surface area (Å²) in [4.78, 5) is 26.2. The summed E-state index contributed by atoms with van der Waals surface area (Å²) in [6, 6.07) is 21.3. The fourth-order valence-electron chi connectivity index (χ4n) is 6.62. The molecule has 3 N–H and O–H groups in total. The Morgan fingerprint density at radius 1 is 0.804 bits per heavy atom. The first-order valence-electron chi connectivity index (χ1n) is 14.8. The summed E-state index contributed by atoms with van der Waals surface area (Å²) in [5.74, 6) is 0.436. The maximum absolute atomic E-state index is 13.4. The number of cyclic esters (lactones) is 1. The summed E-state index contributed by atoms with van der Waals surface area (Å²) in [6.45, 7) is 0.314. The van der Waals surface area contributed by atoms with Gasteiger partial charge in [-0.1, -0.05) is 0 Å². The molecule has 3 aliphatic rings. The number of fused-ring (bicyclic) bond motifs is 3. The minimum Gasteiger partial charge on any atom is -0.502 e. The van der Waals surface area contributed by atoms with Gasteiger partial charge in [0.2, 0.25) is 12.5 Å². The molecule has 1 saturated heterocycles. The van der Waals surface area contributed by atoms with Gasteiger partial charge in [-0.2, -0.15) is 0 Å². The van der Waals surface area contributed by atoms with E-state index in [0.29, 0.717) is 28.5 Å². The van der Waals surface area contributed by atoms with E-state index in [9.17, 15) is 14.7 Å². The number of benzene rings is 4. The third-order valence-corrected chi connectivity index (χ3v) is 8.87. The van der Waals surface area contributed by atoms with Gasteiger partial charge in [-0.15, -0.1) is 0 Å². The van der Waals surface area contributed by atoms with Crippen LogP contribution < -0.4 is 34.3 Å². The number of nitrogens with one attached hydrogen (secondary N) is 2. The molecule has 11 nitrogen and oxygen atoms in total. The second-order valence-corrected chi connectivity index (χ2v) is 11.3. The monoisotopic (exact) mass is 624 g/mol. The van der Waals surface area contributed by atoms with E-state index < -0.39 is 11.8 Å². The van der Waals surface area contributed by atoms with E-state index in [-0.39, 0.29) is 54.5 Å². The number of methoxy groups -OCH3 is 3. The van der Waals surface area contributed by atoms with Gasteiger partial charge in [0.15, 0.2) is 23.0 Å². The molecule has 4 aromatic carbocycles. The summed E-state index contributed by atoms with van der Waals surface area (Å²) < 4.78 is 33.3. The van der Waals surface area contributed by atoms with E-state index in [1.807, 2.05) is 36.4 Å². The van der Waals surface area contributed by atoms with Crippen LogP contribution in [0.4, 0.5) is 11.4 Å². The number of phenolic OH excluding ortho intramolecular Hbond substituents is 1. The third-order valence-electron chi connectivity index (χ3n) is 8.87. The molecule has 1 fully saturated rings. The maximum atomic E-state index is 13.4. The van der Waals surface area contributed by atoms with Crippen LogP contribution in [0.2, 0.25) is 0 Å².